The lowest BCUT2D eigenvalue weighted by Crippen LogP contribution is -2.53. The lowest BCUT2D eigenvalue weighted by atomic mass is 9.45. The summed E-state index contributed by atoms with van der Waals surface area (Å²) in [5.41, 5.74) is 0.481. The zero-order valence-corrected chi connectivity index (χ0v) is 16.6. The molecule has 3 unspecified atom stereocenters. The number of H-pyrrole nitrogens is 1. The van der Waals surface area contributed by atoms with E-state index in [2.05, 4.69) is 29.8 Å². The van der Waals surface area contributed by atoms with E-state index in [4.69, 9.17) is 0 Å². The van der Waals surface area contributed by atoms with Crippen molar-refractivity contribution in [2.45, 2.75) is 46.5 Å². The van der Waals surface area contributed by atoms with Crippen molar-refractivity contribution in [2.75, 3.05) is 0 Å². The van der Waals surface area contributed by atoms with Gasteiger partial charge >= 0.3 is 0 Å². The summed E-state index contributed by atoms with van der Waals surface area (Å²) >= 11 is 0. The average molecular weight is 372 g/mol. The molecule has 1 heterocycles. The fourth-order valence-corrected chi connectivity index (χ4v) is 5.68. The summed E-state index contributed by atoms with van der Waals surface area (Å²) in [5, 5.41) is 9.58. The Labute approximate surface area is 165 Å². The van der Waals surface area contributed by atoms with Gasteiger partial charge in [0.05, 0.1) is 16.7 Å². The maximum Gasteiger partial charge on any atom is 0.178 e. The number of nitrogens with one attached hydrogen (secondary N) is 1. The predicted octanol–water partition coefficient (Wildman–Crippen LogP) is 4.12. The summed E-state index contributed by atoms with van der Waals surface area (Å²) in [6.07, 6.45) is 8.27. The Bertz CT molecular complexity index is 1020. The minimum absolute atomic E-state index is 0.0437. The standard InChI is InChI=1S/C24H24N2O2/c1-22(2)19-8-11-24(9-6-17-5-4-12-26-17)10-7-18(27)13-20(24)23(19,3)14-16(15-25)21(22)28/h4-5,12-14,19,26H,7-8,10-11H2,1-3H3. The first-order valence-corrected chi connectivity index (χ1v) is 9.83. The first-order valence-electron chi connectivity index (χ1n) is 9.83. The molecule has 0 bridgehead atoms. The van der Waals surface area contributed by atoms with E-state index in [1.165, 1.54) is 0 Å². The van der Waals surface area contributed by atoms with Gasteiger partial charge in [-0.25, -0.2) is 0 Å². The second-order valence-electron chi connectivity index (χ2n) is 9.03. The maximum atomic E-state index is 12.9. The van der Waals surface area contributed by atoms with Gasteiger partial charge in [-0.3, -0.25) is 9.59 Å². The highest BCUT2D eigenvalue weighted by Gasteiger charge is 2.59. The molecule has 1 aromatic rings. The topological polar surface area (TPSA) is 73.7 Å². The van der Waals surface area contributed by atoms with E-state index < -0.39 is 16.2 Å². The van der Waals surface area contributed by atoms with Crippen LogP contribution >= 0.6 is 0 Å². The van der Waals surface area contributed by atoms with E-state index in [1.807, 2.05) is 38.3 Å². The van der Waals surface area contributed by atoms with Crippen molar-refractivity contribution in [3.8, 4) is 17.9 Å². The van der Waals surface area contributed by atoms with E-state index in [0.717, 1.165) is 24.1 Å². The molecule has 1 N–H and O–H groups in total. The van der Waals surface area contributed by atoms with Gasteiger partial charge in [-0.05, 0) is 54.9 Å². The van der Waals surface area contributed by atoms with Gasteiger partial charge < -0.3 is 4.98 Å². The van der Waals surface area contributed by atoms with Crippen molar-refractivity contribution in [3.63, 3.8) is 0 Å². The van der Waals surface area contributed by atoms with Gasteiger partial charge in [0, 0.05) is 23.4 Å². The summed E-state index contributed by atoms with van der Waals surface area (Å²) in [6.45, 7) is 5.95. The zero-order valence-electron chi connectivity index (χ0n) is 16.6. The van der Waals surface area contributed by atoms with Gasteiger partial charge in [-0.15, -0.1) is 0 Å². The number of fused-ring (bicyclic) bond motifs is 3. The monoisotopic (exact) mass is 372 g/mol. The molecule has 4 nitrogen and oxygen atoms in total. The second-order valence-corrected chi connectivity index (χ2v) is 9.03. The minimum atomic E-state index is -0.644. The lowest BCUT2D eigenvalue weighted by Gasteiger charge is -2.57. The Hall–Kier alpha value is -2.85. The first kappa shape index (κ1) is 18.5. The molecule has 3 aliphatic carbocycles. The summed E-state index contributed by atoms with van der Waals surface area (Å²) < 4.78 is 0. The van der Waals surface area contributed by atoms with Crippen LogP contribution < -0.4 is 0 Å². The van der Waals surface area contributed by atoms with Crippen LogP contribution in [0.3, 0.4) is 0 Å². The van der Waals surface area contributed by atoms with Gasteiger partial charge in [0.15, 0.2) is 11.6 Å². The van der Waals surface area contributed by atoms with Crippen molar-refractivity contribution in [2.24, 2.45) is 22.2 Å². The van der Waals surface area contributed by atoms with Crippen LogP contribution in [0, 0.1) is 45.3 Å². The van der Waals surface area contributed by atoms with E-state index in [9.17, 15) is 14.9 Å². The summed E-state index contributed by atoms with van der Waals surface area (Å²) in [7, 11) is 0. The number of Topliss-reactive ketones (excluding diaryl/α,β-unsaturated/α-hetero) is 1. The molecule has 1 saturated carbocycles. The van der Waals surface area contributed by atoms with Crippen LogP contribution in [-0.4, -0.2) is 16.6 Å². The molecule has 1 fully saturated rings. The Morgan fingerprint density at radius 3 is 2.68 bits per heavy atom. The van der Waals surface area contributed by atoms with Crippen molar-refractivity contribution in [1.82, 2.24) is 4.98 Å². The van der Waals surface area contributed by atoms with E-state index in [-0.39, 0.29) is 23.1 Å². The maximum absolute atomic E-state index is 12.9. The number of aromatic amines is 1. The number of carbonyl (C=O) groups excluding carboxylic acids is 2. The normalized spacial score (nSPS) is 33.4. The van der Waals surface area contributed by atoms with Crippen molar-refractivity contribution < 1.29 is 9.59 Å². The molecule has 0 aromatic carbocycles. The molecule has 1 aromatic heterocycles. The molecule has 3 atom stereocenters. The third-order valence-electron chi connectivity index (χ3n) is 7.08. The van der Waals surface area contributed by atoms with Crippen LogP contribution in [0.4, 0.5) is 0 Å². The van der Waals surface area contributed by atoms with Gasteiger partial charge in [-0.2, -0.15) is 5.26 Å². The fraction of sp³-hybridized carbons (Fsp3) is 0.458. The molecule has 142 valence electrons. The molecule has 4 heteroatoms. The molecule has 0 radical (unpaired) electrons. The molecule has 0 spiro atoms. The van der Waals surface area contributed by atoms with E-state index >= 15 is 0 Å². The number of hydrogen-bond acceptors (Lipinski definition) is 3. The van der Waals surface area contributed by atoms with Crippen LogP contribution in [0.1, 0.15) is 52.1 Å². The van der Waals surface area contributed by atoms with Crippen LogP contribution in [-0.2, 0) is 9.59 Å². The quantitative estimate of drug-likeness (QED) is 0.696. The molecule has 28 heavy (non-hydrogen) atoms. The molecular weight excluding hydrogens is 348 g/mol. The smallest absolute Gasteiger partial charge is 0.178 e. The summed E-state index contributed by atoms with van der Waals surface area (Å²) in [4.78, 5) is 28.4. The Morgan fingerprint density at radius 1 is 1.21 bits per heavy atom. The lowest BCUT2D eigenvalue weighted by molar-refractivity contribution is -0.130. The zero-order chi connectivity index (χ0) is 20.2. The fourth-order valence-electron chi connectivity index (χ4n) is 5.68. The highest BCUT2D eigenvalue weighted by atomic mass is 16.1. The number of allylic oxidation sites excluding steroid dienone is 4. The van der Waals surface area contributed by atoms with Crippen LogP contribution in [0.25, 0.3) is 0 Å². The predicted molar refractivity (Wildman–Crippen MR) is 106 cm³/mol. The molecule has 4 rings (SSSR count). The van der Waals surface area contributed by atoms with Crippen LogP contribution in [0.15, 0.2) is 41.6 Å². The largest absolute Gasteiger partial charge is 0.355 e. The number of nitrogens with zero attached hydrogens (tertiary/aromatic N) is 1. The molecular formula is C24H24N2O2. The van der Waals surface area contributed by atoms with Crippen LogP contribution in [0.2, 0.25) is 0 Å². The highest BCUT2D eigenvalue weighted by molar-refractivity contribution is 6.04. The number of ketones is 2. The SMILES string of the molecule is CC1(C)C(=O)C(C#N)=CC2(C)C3=CC(=O)CCC3(C#Cc3ccc[nH]3)CCC12. The summed E-state index contributed by atoms with van der Waals surface area (Å²) in [5.74, 6) is 6.81. The van der Waals surface area contributed by atoms with Crippen molar-refractivity contribution in [1.29, 1.82) is 5.26 Å². The van der Waals surface area contributed by atoms with E-state index in [0.29, 0.717) is 12.8 Å². The molecule has 0 saturated heterocycles. The van der Waals surface area contributed by atoms with Crippen molar-refractivity contribution >= 4 is 11.6 Å². The number of hydrogen-bond donors (Lipinski definition) is 1. The second kappa shape index (κ2) is 6.08. The van der Waals surface area contributed by atoms with Gasteiger partial charge in [0.25, 0.3) is 0 Å². The number of carbonyl (C=O) groups is 2. The Morgan fingerprint density at radius 2 is 2.00 bits per heavy atom. The number of aromatic nitrogens is 1. The Balaban J connectivity index is 1.91. The Kier molecular flexibility index (Phi) is 4.02. The average Bonchev–Trinajstić information content (AvgIpc) is 3.18. The summed E-state index contributed by atoms with van der Waals surface area (Å²) in [6, 6.07) is 5.95. The highest BCUT2D eigenvalue weighted by Crippen LogP contribution is 2.63. The van der Waals surface area contributed by atoms with Gasteiger partial charge in [0.1, 0.15) is 6.07 Å². The third-order valence-corrected chi connectivity index (χ3v) is 7.08. The van der Waals surface area contributed by atoms with Gasteiger partial charge in [0.2, 0.25) is 0 Å². The van der Waals surface area contributed by atoms with Crippen molar-refractivity contribution in [3.05, 3.63) is 47.3 Å². The van der Waals surface area contributed by atoms with Gasteiger partial charge in [-0.1, -0.05) is 32.8 Å². The third kappa shape index (κ3) is 2.52. The first-order chi connectivity index (χ1) is 13.2. The molecule has 3 aliphatic rings. The molecule has 0 amide bonds. The minimum Gasteiger partial charge on any atom is -0.355 e. The number of rotatable bonds is 0. The number of nitriles is 1. The molecule has 0 aliphatic heterocycles. The van der Waals surface area contributed by atoms with E-state index in [1.54, 1.807) is 6.08 Å². The van der Waals surface area contributed by atoms with Crippen LogP contribution in [0.5, 0.6) is 0 Å².